The highest BCUT2D eigenvalue weighted by atomic mass is 16.3. The summed E-state index contributed by atoms with van der Waals surface area (Å²) in [6.07, 6.45) is 2.59. The molecule has 4 heteroatoms. The standard InChI is InChI=1S/C19H18N2O2/c1-14-6-5-13-20-19(14)21-18(22)12-10-16-9-11-17(23-16)15-7-3-2-4-8-15/h2-9,11,13H,10,12H2,1H3,(H,20,21,22). The molecule has 0 aliphatic carbocycles. The van der Waals surface area contributed by atoms with Crippen molar-refractivity contribution in [3.63, 3.8) is 0 Å². The number of carbonyl (C=O) groups excluding carboxylic acids is 1. The summed E-state index contributed by atoms with van der Waals surface area (Å²) in [5.74, 6) is 2.17. The van der Waals surface area contributed by atoms with Crippen LogP contribution in [0.5, 0.6) is 0 Å². The lowest BCUT2D eigenvalue weighted by atomic mass is 10.2. The van der Waals surface area contributed by atoms with E-state index in [4.69, 9.17) is 4.42 Å². The molecular formula is C19H18N2O2. The second kappa shape index (κ2) is 6.92. The number of nitrogens with zero attached hydrogens (tertiary/aromatic N) is 1. The Morgan fingerprint density at radius 1 is 1.09 bits per heavy atom. The van der Waals surface area contributed by atoms with Gasteiger partial charge in [-0.15, -0.1) is 0 Å². The number of rotatable bonds is 5. The lowest BCUT2D eigenvalue weighted by Gasteiger charge is -2.06. The summed E-state index contributed by atoms with van der Waals surface area (Å²) in [7, 11) is 0. The van der Waals surface area contributed by atoms with Crippen LogP contribution in [-0.4, -0.2) is 10.9 Å². The molecule has 0 unspecified atom stereocenters. The molecule has 0 aliphatic rings. The Kier molecular flexibility index (Phi) is 4.52. The Bertz CT molecular complexity index is 794. The fourth-order valence-electron chi connectivity index (χ4n) is 2.32. The predicted octanol–water partition coefficient (Wildman–Crippen LogP) is 4.22. The van der Waals surface area contributed by atoms with Gasteiger partial charge in [-0.05, 0) is 30.7 Å². The molecule has 0 saturated heterocycles. The van der Waals surface area contributed by atoms with E-state index in [-0.39, 0.29) is 5.91 Å². The van der Waals surface area contributed by atoms with E-state index in [9.17, 15) is 4.79 Å². The van der Waals surface area contributed by atoms with Crippen LogP contribution in [0.1, 0.15) is 17.7 Å². The molecule has 23 heavy (non-hydrogen) atoms. The molecule has 1 aromatic carbocycles. The van der Waals surface area contributed by atoms with Crippen LogP contribution in [0.4, 0.5) is 5.82 Å². The minimum Gasteiger partial charge on any atom is -0.461 e. The van der Waals surface area contributed by atoms with Crippen LogP contribution in [0.15, 0.2) is 65.2 Å². The van der Waals surface area contributed by atoms with E-state index in [0.717, 1.165) is 22.6 Å². The number of furan rings is 1. The van der Waals surface area contributed by atoms with Crippen molar-refractivity contribution in [3.05, 3.63) is 72.1 Å². The van der Waals surface area contributed by atoms with Gasteiger partial charge >= 0.3 is 0 Å². The average Bonchev–Trinajstić information content (AvgIpc) is 3.05. The van der Waals surface area contributed by atoms with E-state index in [0.29, 0.717) is 18.7 Å². The first-order chi connectivity index (χ1) is 11.2. The molecular weight excluding hydrogens is 288 g/mol. The van der Waals surface area contributed by atoms with Crippen LogP contribution < -0.4 is 5.32 Å². The van der Waals surface area contributed by atoms with Crippen molar-refractivity contribution in [3.8, 4) is 11.3 Å². The number of aromatic nitrogens is 1. The summed E-state index contributed by atoms with van der Waals surface area (Å²) < 4.78 is 5.80. The number of aryl methyl sites for hydroxylation is 2. The number of hydrogen-bond acceptors (Lipinski definition) is 3. The average molecular weight is 306 g/mol. The second-order valence-corrected chi connectivity index (χ2v) is 5.35. The quantitative estimate of drug-likeness (QED) is 0.767. The molecule has 0 aliphatic heterocycles. The molecule has 0 spiro atoms. The molecule has 2 heterocycles. The third-order valence-electron chi connectivity index (χ3n) is 3.59. The predicted molar refractivity (Wildman–Crippen MR) is 90.1 cm³/mol. The second-order valence-electron chi connectivity index (χ2n) is 5.35. The minimum atomic E-state index is -0.0653. The Hall–Kier alpha value is -2.88. The minimum absolute atomic E-state index is 0.0653. The van der Waals surface area contributed by atoms with Gasteiger partial charge in [0.2, 0.25) is 5.91 Å². The lowest BCUT2D eigenvalue weighted by Crippen LogP contribution is -2.14. The first-order valence-electron chi connectivity index (χ1n) is 7.58. The smallest absolute Gasteiger partial charge is 0.225 e. The van der Waals surface area contributed by atoms with Crippen LogP contribution in [0, 0.1) is 6.92 Å². The Labute approximate surface area is 135 Å². The third kappa shape index (κ3) is 3.86. The van der Waals surface area contributed by atoms with Crippen molar-refractivity contribution in [2.24, 2.45) is 0 Å². The first-order valence-corrected chi connectivity index (χ1v) is 7.58. The molecule has 0 radical (unpaired) electrons. The van der Waals surface area contributed by atoms with Gasteiger partial charge in [0, 0.05) is 24.6 Å². The van der Waals surface area contributed by atoms with Crippen molar-refractivity contribution in [1.82, 2.24) is 4.98 Å². The highest BCUT2D eigenvalue weighted by Gasteiger charge is 2.09. The third-order valence-corrected chi connectivity index (χ3v) is 3.59. The molecule has 3 aromatic rings. The number of benzene rings is 1. The molecule has 2 aromatic heterocycles. The number of pyridine rings is 1. The van der Waals surface area contributed by atoms with Crippen LogP contribution in [-0.2, 0) is 11.2 Å². The number of amides is 1. The Morgan fingerprint density at radius 2 is 1.91 bits per heavy atom. The maximum absolute atomic E-state index is 12.0. The van der Waals surface area contributed by atoms with Crippen molar-refractivity contribution in [2.75, 3.05) is 5.32 Å². The fraction of sp³-hybridized carbons (Fsp3) is 0.158. The molecule has 0 atom stereocenters. The summed E-state index contributed by atoms with van der Waals surface area (Å²) in [6.45, 7) is 1.92. The van der Waals surface area contributed by atoms with E-state index in [2.05, 4.69) is 10.3 Å². The van der Waals surface area contributed by atoms with Gasteiger partial charge in [-0.25, -0.2) is 4.98 Å². The zero-order valence-electron chi connectivity index (χ0n) is 13.0. The van der Waals surface area contributed by atoms with Gasteiger partial charge in [0.25, 0.3) is 0 Å². The zero-order chi connectivity index (χ0) is 16.1. The van der Waals surface area contributed by atoms with E-state index in [1.54, 1.807) is 6.20 Å². The SMILES string of the molecule is Cc1cccnc1NC(=O)CCc1ccc(-c2ccccc2)o1. The molecule has 0 saturated carbocycles. The Balaban J connectivity index is 1.58. The molecule has 4 nitrogen and oxygen atoms in total. The number of carbonyl (C=O) groups is 1. The van der Waals surface area contributed by atoms with E-state index in [1.165, 1.54) is 0 Å². The largest absolute Gasteiger partial charge is 0.461 e. The summed E-state index contributed by atoms with van der Waals surface area (Å²) in [4.78, 5) is 16.2. The van der Waals surface area contributed by atoms with Crippen LogP contribution >= 0.6 is 0 Å². The molecule has 3 rings (SSSR count). The number of anilines is 1. The summed E-state index contributed by atoms with van der Waals surface area (Å²) in [5, 5.41) is 2.83. The van der Waals surface area contributed by atoms with E-state index < -0.39 is 0 Å². The van der Waals surface area contributed by atoms with Gasteiger partial charge in [-0.2, -0.15) is 0 Å². The van der Waals surface area contributed by atoms with Gasteiger partial charge < -0.3 is 9.73 Å². The maximum Gasteiger partial charge on any atom is 0.225 e. The maximum atomic E-state index is 12.0. The fourth-order valence-corrected chi connectivity index (χ4v) is 2.32. The number of hydrogen-bond donors (Lipinski definition) is 1. The van der Waals surface area contributed by atoms with Crippen LogP contribution in [0.2, 0.25) is 0 Å². The van der Waals surface area contributed by atoms with E-state index in [1.807, 2.05) is 61.5 Å². The van der Waals surface area contributed by atoms with Crippen molar-refractivity contribution in [1.29, 1.82) is 0 Å². The molecule has 0 fully saturated rings. The van der Waals surface area contributed by atoms with Crippen molar-refractivity contribution < 1.29 is 9.21 Å². The monoisotopic (exact) mass is 306 g/mol. The van der Waals surface area contributed by atoms with E-state index >= 15 is 0 Å². The van der Waals surface area contributed by atoms with Gasteiger partial charge in [-0.3, -0.25) is 4.79 Å². The highest BCUT2D eigenvalue weighted by Crippen LogP contribution is 2.22. The lowest BCUT2D eigenvalue weighted by molar-refractivity contribution is -0.116. The van der Waals surface area contributed by atoms with Crippen molar-refractivity contribution in [2.45, 2.75) is 19.8 Å². The Morgan fingerprint density at radius 3 is 2.70 bits per heavy atom. The zero-order valence-corrected chi connectivity index (χ0v) is 13.0. The summed E-state index contributed by atoms with van der Waals surface area (Å²) >= 11 is 0. The van der Waals surface area contributed by atoms with Gasteiger partial charge in [0.15, 0.2) is 0 Å². The highest BCUT2D eigenvalue weighted by molar-refractivity contribution is 5.90. The normalized spacial score (nSPS) is 10.5. The summed E-state index contributed by atoms with van der Waals surface area (Å²) in [5.41, 5.74) is 1.98. The van der Waals surface area contributed by atoms with Gasteiger partial charge in [0.1, 0.15) is 17.3 Å². The van der Waals surface area contributed by atoms with Crippen molar-refractivity contribution >= 4 is 11.7 Å². The van der Waals surface area contributed by atoms with Crippen LogP contribution in [0.3, 0.4) is 0 Å². The van der Waals surface area contributed by atoms with Gasteiger partial charge in [0.05, 0.1) is 0 Å². The topological polar surface area (TPSA) is 55.1 Å². The van der Waals surface area contributed by atoms with Gasteiger partial charge in [-0.1, -0.05) is 36.4 Å². The summed E-state index contributed by atoms with van der Waals surface area (Å²) in [6, 6.07) is 17.5. The molecule has 0 bridgehead atoms. The van der Waals surface area contributed by atoms with Crippen LogP contribution in [0.25, 0.3) is 11.3 Å². The molecule has 1 N–H and O–H groups in total. The molecule has 1 amide bonds. The molecule has 116 valence electrons. The first kappa shape index (κ1) is 15.0. The number of nitrogens with one attached hydrogen (secondary N) is 1.